The summed E-state index contributed by atoms with van der Waals surface area (Å²) in [6, 6.07) is 7.43. The van der Waals surface area contributed by atoms with E-state index in [-0.39, 0.29) is 29.3 Å². The molecule has 1 aliphatic rings. The molecule has 0 amide bonds. The fourth-order valence-corrected chi connectivity index (χ4v) is 3.63. The molecule has 10 heteroatoms. The molecule has 0 N–H and O–H groups in total. The van der Waals surface area contributed by atoms with Crippen LogP contribution in [0.15, 0.2) is 40.5 Å². The molecule has 0 bridgehead atoms. The number of non-ortho nitro benzene ring substituents is 1. The van der Waals surface area contributed by atoms with Crippen LogP contribution >= 0.6 is 15.9 Å². The van der Waals surface area contributed by atoms with E-state index in [1.54, 1.807) is 13.0 Å². The fourth-order valence-electron chi connectivity index (χ4n) is 3.24. The summed E-state index contributed by atoms with van der Waals surface area (Å²) in [6.07, 6.45) is 1.45. The van der Waals surface area contributed by atoms with Gasteiger partial charge in [0.05, 0.1) is 24.2 Å². The van der Waals surface area contributed by atoms with Crippen molar-refractivity contribution in [3.05, 3.63) is 51.2 Å². The van der Waals surface area contributed by atoms with Crippen LogP contribution in [0.1, 0.15) is 31.2 Å². The summed E-state index contributed by atoms with van der Waals surface area (Å²) in [6.45, 7) is 1.73. The molecule has 9 nitrogen and oxygen atoms in total. The van der Waals surface area contributed by atoms with Gasteiger partial charge in [-0.05, 0) is 25.3 Å². The zero-order valence-corrected chi connectivity index (χ0v) is 18.0. The Morgan fingerprint density at radius 3 is 2.70 bits per heavy atom. The van der Waals surface area contributed by atoms with E-state index in [1.807, 2.05) is 6.07 Å². The molecule has 1 aromatic carbocycles. The average molecular weight is 478 g/mol. The second-order valence-electron chi connectivity index (χ2n) is 6.49. The fraction of sp³-hybridized carbons (Fsp3) is 0.400. The molecule has 158 valence electrons. The molecule has 0 saturated heterocycles. The molecule has 0 radical (unpaired) electrons. The summed E-state index contributed by atoms with van der Waals surface area (Å²) in [4.78, 5) is 40.2. The number of esters is 2. The first kappa shape index (κ1) is 23.2. The minimum atomic E-state index is -1.03. The first-order chi connectivity index (χ1) is 14.3. The number of benzene rings is 1. The highest BCUT2D eigenvalue weighted by Gasteiger charge is 2.43. The SMILES string of the molecule is COC(=O)C1=C(C#N)N=C(C)C(C(=O)OCCCCBr)C1c1cccc([N+](=O)[O-])c1. The summed E-state index contributed by atoms with van der Waals surface area (Å²) in [7, 11) is 1.15. The van der Waals surface area contributed by atoms with Crippen LogP contribution in [-0.4, -0.2) is 41.6 Å². The summed E-state index contributed by atoms with van der Waals surface area (Å²) in [5.41, 5.74) is 0.0581. The number of ether oxygens (including phenoxy) is 2. The Hall–Kier alpha value is -3.06. The number of nitro groups is 1. The smallest absolute Gasteiger partial charge is 0.337 e. The molecule has 1 aliphatic heterocycles. The third-order valence-electron chi connectivity index (χ3n) is 4.62. The average Bonchev–Trinajstić information content (AvgIpc) is 2.75. The molecule has 2 atom stereocenters. The second-order valence-corrected chi connectivity index (χ2v) is 7.28. The molecule has 0 fully saturated rings. The number of rotatable bonds is 8. The number of allylic oxidation sites excluding steroid dienone is 1. The molecule has 30 heavy (non-hydrogen) atoms. The van der Waals surface area contributed by atoms with Crippen LogP contribution in [0, 0.1) is 27.4 Å². The van der Waals surface area contributed by atoms with E-state index in [2.05, 4.69) is 20.9 Å². The van der Waals surface area contributed by atoms with Gasteiger partial charge in [-0.3, -0.25) is 14.9 Å². The molecule has 2 rings (SSSR count). The highest BCUT2D eigenvalue weighted by atomic mass is 79.9. The van der Waals surface area contributed by atoms with Gasteiger partial charge >= 0.3 is 11.9 Å². The molecule has 1 heterocycles. The van der Waals surface area contributed by atoms with Crippen molar-refractivity contribution in [1.29, 1.82) is 5.26 Å². The number of nitro benzene ring substituents is 1. The van der Waals surface area contributed by atoms with Crippen molar-refractivity contribution >= 4 is 39.3 Å². The molecule has 0 spiro atoms. The van der Waals surface area contributed by atoms with Gasteiger partial charge in [0.25, 0.3) is 5.69 Å². The van der Waals surface area contributed by atoms with Crippen molar-refractivity contribution in [3.8, 4) is 6.07 Å². The lowest BCUT2D eigenvalue weighted by Crippen LogP contribution is -2.36. The Balaban J connectivity index is 2.58. The van der Waals surface area contributed by atoms with Crippen LogP contribution in [0.2, 0.25) is 0 Å². The minimum absolute atomic E-state index is 0.131. The molecule has 0 aromatic heterocycles. The molecular weight excluding hydrogens is 458 g/mol. The Bertz CT molecular complexity index is 950. The normalized spacial score (nSPS) is 18.3. The van der Waals surface area contributed by atoms with Crippen LogP contribution in [0.3, 0.4) is 0 Å². The Morgan fingerprint density at radius 1 is 1.37 bits per heavy atom. The lowest BCUT2D eigenvalue weighted by atomic mass is 9.75. The summed E-state index contributed by atoms with van der Waals surface area (Å²) < 4.78 is 10.2. The van der Waals surface area contributed by atoms with Gasteiger partial charge in [0.1, 0.15) is 12.0 Å². The van der Waals surface area contributed by atoms with E-state index in [0.29, 0.717) is 12.0 Å². The van der Waals surface area contributed by atoms with Gasteiger partial charge in [0, 0.05) is 29.1 Å². The van der Waals surface area contributed by atoms with E-state index in [4.69, 9.17) is 9.47 Å². The minimum Gasteiger partial charge on any atom is -0.466 e. The van der Waals surface area contributed by atoms with Crippen molar-refractivity contribution in [3.63, 3.8) is 0 Å². The monoisotopic (exact) mass is 477 g/mol. The quantitative estimate of drug-likeness (QED) is 0.184. The highest BCUT2D eigenvalue weighted by molar-refractivity contribution is 9.09. The number of halogens is 1. The Morgan fingerprint density at radius 2 is 2.10 bits per heavy atom. The van der Waals surface area contributed by atoms with Crippen molar-refractivity contribution < 1.29 is 24.0 Å². The van der Waals surface area contributed by atoms with Gasteiger partial charge in [-0.25, -0.2) is 9.79 Å². The van der Waals surface area contributed by atoms with Crippen LogP contribution < -0.4 is 0 Å². The number of methoxy groups -OCH3 is 1. The zero-order chi connectivity index (χ0) is 22.3. The maximum absolute atomic E-state index is 12.9. The predicted molar refractivity (Wildman–Crippen MR) is 111 cm³/mol. The zero-order valence-electron chi connectivity index (χ0n) is 16.5. The Labute approximate surface area is 181 Å². The van der Waals surface area contributed by atoms with E-state index < -0.39 is 28.7 Å². The topological polar surface area (TPSA) is 132 Å². The maximum Gasteiger partial charge on any atom is 0.337 e. The first-order valence-electron chi connectivity index (χ1n) is 9.10. The number of aliphatic imine (C=N–C) groups is 1. The van der Waals surface area contributed by atoms with Crippen LogP contribution in [-0.2, 0) is 19.1 Å². The van der Waals surface area contributed by atoms with E-state index in [0.717, 1.165) is 18.9 Å². The van der Waals surface area contributed by atoms with Crippen LogP contribution in [0.4, 0.5) is 5.69 Å². The number of hydrogen-bond acceptors (Lipinski definition) is 8. The molecule has 2 unspecified atom stereocenters. The number of unbranched alkanes of at least 4 members (excludes halogenated alkanes) is 1. The standard InChI is InChI=1S/C20H20BrN3O6/c1-12-16(20(26)30-9-4-3-8-21)17(13-6-5-7-14(10-13)24(27)28)18(19(25)29-2)15(11-22)23-12/h5-7,10,16-17H,3-4,8-9H2,1-2H3. The van der Waals surface area contributed by atoms with E-state index in [1.165, 1.54) is 18.2 Å². The second kappa shape index (κ2) is 10.6. The Kier molecular flexibility index (Phi) is 8.24. The van der Waals surface area contributed by atoms with Crippen molar-refractivity contribution in [2.75, 3.05) is 19.0 Å². The van der Waals surface area contributed by atoms with Gasteiger partial charge in [0.2, 0.25) is 0 Å². The van der Waals surface area contributed by atoms with E-state index >= 15 is 0 Å². The van der Waals surface area contributed by atoms with Gasteiger partial charge in [-0.2, -0.15) is 5.26 Å². The number of nitriles is 1. The molecule has 0 saturated carbocycles. The summed E-state index contributed by atoms with van der Waals surface area (Å²) >= 11 is 3.30. The molecular formula is C20H20BrN3O6. The van der Waals surface area contributed by atoms with Crippen LogP contribution in [0.25, 0.3) is 0 Å². The number of alkyl halides is 1. The number of carbonyl (C=O) groups excluding carboxylic acids is 2. The number of nitrogens with zero attached hydrogens (tertiary/aromatic N) is 3. The summed E-state index contributed by atoms with van der Waals surface area (Å²) in [5.74, 6) is -3.49. The van der Waals surface area contributed by atoms with Gasteiger partial charge in [0.15, 0.2) is 5.70 Å². The number of carbonyl (C=O) groups is 2. The van der Waals surface area contributed by atoms with Gasteiger partial charge < -0.3 is 9.47 Å². The lowest BCUT2D eigenvalue weighted by Gasteiger charge is -2.30. The van der Waals surface area contributed by atoms with Crippen molar-refractivity contribution in [1.82, 2.24) is 0 Å². The lowest BCUT2D eigenvalue weighted by molar-refractivity contribution is -0.384. The maximum atomic E-state index is 12.9. The molecule has 0 aliphatic carbocycles. The highest BCUT2D eigenvalue weighted by Crippen LogP contribution is 2.40. The van der Waals surface area contributed by atoms with Gasteiger partial charge in [-0.1, -0.05) is 28.1 Å². The van der Waals surface area contributed by atoms with E-state index in [9.17, 15) is 25.0 Å². The first-order valence-corrected chi connectivity index (χ1v) is 10.2. The third-order valence-corrected chi connectivity index (χ3v) is 5.18. The van der Waals surface area contributed by atoms with Crippen LogP contribution in [0.5, 0.6) is 0 Å². The number of hydrogen-bond donors (Lipinski definition) is 0. The predicted octanol–water partition coefficient (Wildman–Crippen LogP) is 3.44. The van der Waals surface area contributed by atoms with Crippen molar-refractivity contribution in [2.24, 2.45) is 10.9 Å². The van der Waals surface area contributed by atoms with Crippen molar-refractivity contribution in [2.45, 2.75) is 25.7 Å². The molecule has 1 aromatic rings. The van der Waals surface area contributed by atoms with Gasteiger partial charge in [-0.15, -0.1) is 0 Å². The third kappa shape index (κ3) is 5.10. The largest absolute Gasteiger partial charge is 0.466 e. The summed E-state index contributed by atoms with van der Waals surface area (Å²) in [5, 5.41) is 21.5.